The van der Waals surface area contributed by atoms with E-state index in [9.17, 15) is 4.79 Å². The molecule has 2 aromatic heterocycles. The van der Waals surface area contributed by atoms with Crippen molar-refractivity contribution in [2.75, 3.05) is 6.54 Å². The molecule has 0 spiro atoms. The first-order valence-corrected chi connectivity index (χ1v) is 9.11. The third kappa shape index (κ3) is 3.74. The second-order valence-corrected chi connectivity index (χ2v) is 8.89. The molecule has 6 nitrogen and oxygen atoms in total. The Morgan fingerprint density at radius 3 is 2.87 bits per heavy atom. The summed E-state index contributed by atoms with van der Waals surface area (Å²) in [7, 11) is 0. The van der Waals surface area contributed by atoms with Crippen LogP contribution in [0, 0.1) is 0 Å². The molecule has 0 aromatic carbocycles. The molecule has 0 aliphatic carbocycles. The molecule has 1 fully saturated rings. The third-order valence-electron chi connectivity index (χ3n) is 3.50. The lowest BCUT2D eigenvalue weighted by Gasteiger charge is -2.27. The maximum Gasteiger partial charge on any atom is 0.410 e. The number of nitrogens with one attached hydrogen (secondary N) is 1. The lowest BCUT2D eigenvalue weighted by molar-refractivity contribution is 0.0219. The van der Waals surface area contributed by atoms with Crippen molar-refractivity contribution in [3.63, 3.8) is 0 Å². The summed E-state index contributed by atoms with van der Waals surface area (Å²) in [6.45, 7) is 6.32. The number of hydrogen-bond acceptors (Lipinski definition) is 5. The normalized spacial score (nSPS) is 18.4. The van der Waals surface area contributed by atoms with E-state index in [2.05, 4.69) is 30.9 Å². The number of thiazole rings is 1. The average Bonchev–Trinajstić information content (AvgIpc) is 3.15. The summed E-state index contributed by atoms with van der Waals surface area (Å²) < 4.78 is 6.47. The molecular weight excluding hydrogens is 380 g/mol. The van der Waals surface area contributed by atoms with Gasteiger partial charge in [-0.05, 0) is 49.5 Å². The van der Waals surface area contributed by atoms with Crippen LogP contribution in [-0.4, -0.2) is 38.1 Å². The number of rotatable bonds is 2. The molecule has 2 aromatic rings. The fourth-order valence-electron chi connectivity index (χ4n) is 2.58. The Morgan fingerprint density at radius 2 is 2.22 bits per heavy atom. The van der Waals surface area contributed by atoms with Gasteiger partial charge in [0.2, 0.25) is 0 Å². The monoisotopic (exact) mass is 398 g/mol. The van der Waals surface area contributed by atoms with Crippen LogP contribution in [0.15, 0.2) is 16.2 Å². The van der Waals surface area contributed by atoms with E-state index in [0.717, 1.165) is 33.2 Å². The molecule has 0 radical (unpaired) electrons. The van der Waals surface area contributed by atoms with Gasteiger partial charge in [0, 0.05) is 6.54 Å². The van der Waals surface area contributed by atoms with Crippen molar-refractivity contribution in [2.24, 2.45) is 0 Å². The molecule has 1 atom stereocenters. The van der Waals surface area contributed by atoms with Gasteiger partial charge in [0.1, 0.15) is 16.4 Å². The van der Waals surface area contributed by atoms with E-state index in [0.29, 0.717) is 6.54 Å². The Labute approximate surface area is 147 Å². The summed E-state index contributed by atoms with van der Waals surface area (Å²) >= 11 is 4.95. The highest BCUT2D eigenvalue weighted by Crippen LogP contribution is 2.33. The number of H-pyrrole nitrogens is 1. The highest BCUT2D eigenvalue weighted by molar-refractivity contribution is 9.11. The smallest absolute Gasteiger partial charge is 0.410 e. The maximum atomic E-state index is 12.4. The van der Waals surface area contributed by atoms with Crippen LogP contribution in [0.3, 0.4) is 0 Å². The van der Waals surface area contributed by atoms with Gasteiger partial charge in [-0.25, -0.2) is 14.8 Å². The van der Waals surface area contributed by atoms with Crippen LogP contribution in [0.2, 0.25) is 0 Å². The van der Waals surface area contributed by atoms with Crippen LogP contribution >= 0.6 is 27.3 Å². The van der Waals surface area contributed by atoms with E-state index in [1.165, 1.54) is 0 Å². The molecule has 23 heavy (non-hydrogen) atoms. The quantitative estimate of drug-likeness (QED) is 0.814. The van der Waals surface area contributed by atoms with E-state index in [-0.39, 0.29) is 12.1 Å². The fourth-order valence-corrected chi connectivity index (χ4v) is 3.76. The summed E-state index contributed by atoms with van der Waals surface area (Å²) in [6.07, 6.45) is 5.08. The van der Waals surface area contributed by atoms with Gasteiger partial charge in [-0.3, -0.25) is 4.90 Å². The first-order chi connectivity index (χ1) is 10.8. The molecular formula is C15H19BrN4O2S. The molecule has 3 rings (SSSR count). The number of aromatic amines is 1. The van der Waals surface area contributed by atoms with E-state index in [1.807, 2.05) is 20.8 Å². The summed E-state index contributed by atoms with van der Waals surface area (Å²) in [6, 6.07) is -0.0676. The molecule has 8 heteroatoms. The van der Waals surface area contributed by atoms with Gasteiger partial charge in [0.25, 0.3) is 0 Å². The summed E-state index contributed by atoms with van der Waals surface area (Å²) in [4.78, 5) is 26.2. The number of carbonyl (C=O) groups is 1. The van der Waals surface area contributed by atoms with Gasteiger partial charge in [0.15, 0.2) is 0 Å². The number of nitrogens with zero attached hydrogens (tertiary/aromatic N) is 3. The Kier molecular flexibility index (Phi) is 4.46. The van der Waals surface area contributed by atoms with Gasteiger partial charge >= 0.3 is 6.09 Å². The maximum absolute atomic E-state index is 12.4. The number of carbonyl (C=O) groups excluding carboxylic acids is 1. The topological polar surface area (TPSA) is 71.1 Å². The van der Waals surface area contributed by atoms with E-state index in [1.54, 1.807) is 28.6 Å². The minimum Gasteiger partial charge on any atom is -0.444 e. The van der Waals surface area contributed by atoms with Gasteiger partial charge in [-0.2, -0.15) is 0 Å². The first kappa shape index (κ1) is 16.4. The first-order valence-electron chi connectivity index (χ1n) is 7.50. The molecule has 1 saturated heterocycles. The highest BCUT2D eigenvalue weighted by atomic mass is 79.9. The number of aromatic nitrogens is 3. The fraction of sp³-hybridized carbons (Fsp3) is 0.533. The van der Waals surface area contributed by atoms with Crippen molar-refractivity contribution in [1.82, 2.24) is 19.9 Å². The van der Waals surface area contributed by atoms with Crippen molar-refractivity contribution in [2.45, 2.75) is 45.3 Å². The Hall–Kier alpha value is -1.41. The van der Waals surface area contributed by atoms with E-state index >= 15 is 0 Å². The molecule has 0 bridgehead atoms. The van der Waals surface area contributed by atoms with Gasteiger partial charge in [-0.15, -0.1) is 11.3 Å². The van der Waals surface area contributed by atoms with Gasteiger partial charge in [-0.1, -0.05) is 0 Å². The van der Waals surface area contributed by atoms with Crippen LogP contribution < -0.4 is 0 Å². The number of imidazole rings is 1. The highest BCUT2D eigenvalue weighted by Gasteiger charge is 2.34. The Balaban J connectivity index is 1.78. The second-order valence-electron chi connectivity index (χ2n) is 6.48. The lowest BCUT2D eigenvalue weighted by atomic mass is 10.2. The standard InChI is InChI=1S/C15H19BrN4O2S/c1-15(2,3)22-14(21)20-6-4-5-10(20)12-17-7-9(19-12)13-18-8-11(16)23-13/h7-8,10H,4-6H2,1-3H3,(H,17,19). The number of amides is 1. The van der Waals surface area contributed by atoms with Crippen molar-refractivity contribution < 1.29 is 9.53 Å². The van der Waals surface area contributed by atoms with Crippen molar-refractivity contribution in [1.29, 1.82) is 0 Å². The van der Waals surface area contributed by atoms with Crippen molar-refractivity contribution >= 4 is 33.4 Å². The number of likely N-dealkylation sites (tertiary alicyclic amines) is 1. The molecule has 124 valence electrons. The van der Waals surface area contributed by atoms with Crippen LogP contribution in [-0.2, 0) is 4.74 Å². The molecule has 1 aliphatic heterocycles. The molecule has 0 saturated carbocycles. The van der Waals surface area contributed by atoms with Gasteiger partial charge in [0.05, 0.1) is 27.9 Å². The number of halogens is 1. The van der Waals surface area contributed by atoms with Crippen LogP contribution in [0.25, 0.3) is 10.7 Å². The minimum atomic E-state index is -0.494. The van der Waals surface area contributed by atoms with Crippen LogP contribution in [0.5, 0.6) is 0 Å². The van der Waals surface area contributed by atoms with Gasteiger partial charge < -0.3 is 9.72 Å². The molecule has 1 aliphatic rings. The van der Waals surface area contributed by atoms with Crippen LogP contribution in [0.4, 0.5) is 4.79 Å². The predicted molar refractivity (Wildman–Crippen MR) is 92.3 cm³/mol. The van der Waals surface area contributed by atoms with E-state index in [4.69, 9.17) is 4.74 Å². The third-order valence-corrected chi connectivity index (χ3v) is 5.01. The zero-order valence-electron chi connectivity index (χ0n) is 13.3. The molecule has 1 N–H and O–H groups in total. The summed E-state index contributed by atoms with van der Waals surface area (Å²) in [5, 5.41) is 0.873. The van der Waals surface area contributed by atoms with Crippen molar-refractivity contribution in [3.8, 4) is 10.7 Å². The molecule has 1 unspecified atom stereocenters. The summed E-state index contributed by atoms with van der Waals surface area (Å²) in [5.41, 5.74) is 0.373. The second kappa shape index (κ2) is 6.24. The van der Waals surface area contributed by atoms with Crippen molar-refractivity contribution in [3.05, 3.63) is 22.0 Å². The minimum absolute atomic E-state index is 0.0676. The number of hydrogen-bond donors (Lipinski definition) is 1. The van der Waals surface area contributed by atoms with E-state index < -0.39 is 5.60 Å². The SMILES string of the molecule is CC(C)(C)OC(=O)N1CCCC1c1ncc(-c2ncc(Br)s2)[nH]1. The zero-order valence-corrected chi connectivity index (χ0v) is 15.7. The number of ether oxygens (including phenoxy) is 1. The Morgan fingerprint density at radius 1 is 1.43 bits per heavy atom. The zero-order chi connectivity index (χ0) is 16.6. The molecule has 3 heterocycles. The largest absolute Gasteiger partial charge is 0.444 e. The predicted octanol–water partition coefficient (Wildman–Crippen LogP) is 4.37. The molecule has 1 amide bonds. The average molecular weight is 399 g/mol. The lowest BCUT2D eigenvalue weighted by Crippen LogP contribution is -2.36. The Bertz CT molecular complexity index is 706. The van der Waals surface area contributed by atoms with Crippen LogP contribution in [0.1, 0.15) is 45.5 Å². The summed E-state index contributed by atoms with van der Waals surface area (Å²) in [5.74, 6) is 0.787.